The molecular weight excluding hydrogens is 536 g/mol. The van der Waals surface area contributed by atoms with Gasteiger partial charge in [-0.3, -0.25) is 24.7 Å². The number of hydrogen-bond acceptors (Lipinski definition) is 8. The Morgan fingerprint density at radius 2 is 1.67 bits per heavy atom. The van der Waals surface area contributed by atoms with E-state index in [1.807, 2.05) is 36.4 Å². The predicted molar refractivity (Wildman–Crippen MR) is 160 cm³/mol. The number of carbonyl (C=O) groups excluding carboxylic acids is 2. The average Bonchev–Trinajstić information content (AvgIpc) is 3.04. The van der Waals surface area contributed by atoms with Gasteiger partial charge in [-0.25, -0.2) is 0 Å². The van der Waals surface area contributed by atoms with Gasteiger partial charge in [0, 0.05) is 74.2 Å². The fraction of sp³-hybridized carbons (Fsp3) is 0.194. The first-order valence-electron chi connectivity index (χ1n) is 13.4. The number of nitro groups is 1. The molecule has 2 amide bonds. The molecule has 4 aromatic rings. The highest BCUT2D eigenvalue weighted by molar-refractivity contribution is 6.06. The van der Waals surface area contributed by atoms with Crippen LogP contribution in [0.4, 0.5) is 22.7 Å². The summed E-state index contributed by atoms with van der Waals surface area (Å²) in [5.41, 5.74) is 3.38. The lowest BCUT2D eigenvalue weighted by Crippen LogP contribution is -2.47. The normalized spacial score (nSPS) is 12.9. The maximum Gasteiger partial charge on any atom is 0.270 e. The zero-order valence-corrected chi connectivity index (χ0v) is 23.0. The zero-order valence-electron chi connectivity index (χ0n) is 23.0. The van der Waals surface area contributed by atoms with Gasteiger partial charge in [-0.05, 0) is 48.0 Å². The van der Waals surface area contributed by atoms with Gasteiger partial charge in [-0.15, -0.1) is 0 Å². The smallest absolute Gasteiger partial charge is 0.270 e. The molecular formula is C31H30N6O5. The molecule has 2 N–H and O–H groups in total. The molecule has 0 aliphatic carbocycles. The molecule has 1 aromatic heterocycles. The molecule has 11 heteroatoms. The molecule has 1 aliphatic heterocycles. The van der Waals surface area contributed by atoms with Crippen LogP contribution in [-0.4, -0.2) is 55.0 Å². The van der Waals surface area contributed by atoms with Crippen LogP contribution in [-0.2, 0) is 6.54 Å². The van der Waals surface area contributed by atoms with Crippen LogP contribution in [0, 0.1) is 10.1 Å². The summed E-state index contributed by atoms with van der Waals surface area (Å²) in [7, 11) is 1.66. The first kappa shape index (κ1) is 28.1. The lowest BCUT2D eigenvalue weighted by atomic mass is 10.1. The van der Waals surface area contributed by atoms with Crippen molar-refractivity contribution in [3.05, 3.63) is 118 Å². The second kappa shape index (κ2) is 12.8. The average molecular weight is 567 g/mol. The minimum atomic E-state index is -0.552. The molecule has 2 heterocycles. The summed E-state index contributed by atoms with van der Waals surface area (Å²) in [6, 6.07) is 22.3. The largest absolute Gasteiger partial charge is 0.495 e. The number of anilines is 3. The van der Waals surface area contributed by atoms with E-state index in [0.717, 1.165) is 35.8 Å². The van der Waals surface area contributed by atoms with Crippen LogP contribution in [0.2, 0.25) is 0 Å². The van der Waals surface area contributed by atoms with Gasteiger partial charge in [0.1, 0.15) is 5.75 Å². The van der Waals surface area contributed by atoms with E-state index in [1.54, 1.807) is 37.7 Å². The third-order valence-electron chi connectivity index (χ3n) is 7.04. The minimum absolute atomic E-state index is 0.142. The molecule has 0 saturated carbocycles. The number of ether oxygens (including phenoxy) is 1. The molecule has 42 heavy (non-hydrogen) atoms. The van der Waals surface area contributed by atoms with Gasteiger partial charge in [0.25, 0.3) is 17.5 Å². The Bertz CT molecular complexity index is 1590. The van der Waals surface area contributed by atoms with Gasteiger partial charge in [0.05, 0.1) is 23.3 Å². The number of amides is 2. The summed E-state index contributed by atoms with van der Waals surface area (Å²) in [4.78, 5) is 45.5. The third kappa shape index (κ3) is 6.47. The van der Waals surface area contributed by atoms with Crippen molar-refractivity contribution < 1.29 is 19.2 Å². The predicted octanol–water partition coefficient (Wildman–Crippen LogP) is 4.51. The fourth-order valence-electron chi connectivity index (χ4n) is 4.89. The van der Waals surface area contributed by atoms with Crippen molar-refractivity contribution in [1.29, 1.82) is 0 Å². The molecule has 3 aromatic carbocycles. The van der Waals surface area contributed by atoms with Gasteiger partial charge in [0.2, 0.25) is 0 Å². The number of hydrogen-bond donors (Lipinski definition) is 2. The van der Waals surface area contributed by atoms with Crippen LogP contribution in [0.15, 0.2) is 91.3 Å². The topological polar surface area (TPSA) is 130 Å². The summed E-state index contributed by atoms with van der Waals surface area (Å²) in [5.74, 6) is -0.00342. The van der Waals surface area contributed by atoms with Gasteiger partial charge < -0.3 is 25.2 Å². The van der Waals surface area contributed by atoms with E-state index in [1.165, 1.54) is 24.3 Å². The fourth-order valence-corrected chi connectivity index (χ4v) is 4.89. The number of nitro benzene ring substituents is 1. The Hall–Kier alpha value is -5.45. The van der Waals surface area contributed by atoms with Crippen molar-refractivity contribution in [1.82, 2.24) is 10.3 Å². The number of rotatable bonds is 9. The first-order chi connectivity index (χ1) is 20.4. The lowest BCUT2D eigenvalue weighted by molar-refractivity contribution is -0.384. The molecule has 5 rings (SSSR count). The molecule has 1 aliphatic rings. The highest BCUT2D eigenvalue weighted by Crippen LogP contribution is 2.31. The van der Waals surface area contributed by atoms with E-state index in [9.17, 15) is 19.7 Å². The molecule has 0 spiro atoms. The van der Waals surface area contributed by atoms with Gasteiger partial charge in [0.15, 0.2) is 0 Å². The maximum atomic E-state index is 13.5. The van der Waals surface area contributed by atoms with E-state index in [2.05, 4.69) is 25.4 Å². The van der Waals surface area contributed by atoms with Crippen LogP contribution in [0.5, 0.6) is 5.75 Å². The molecule has 0 radical (unpaired) electrons. The van der Waals surface area contributed by atoms with Crippen LogP contribution < -0.4 is 25.2 Å². The number of methoxy groups -OCH3 is 1. The Morgan fingerprint density at radius 3 is 2.38 bits per heavy atom. The quantitative estimate of drug-likeness (QED) is 0.224. The standard InChI is InChI=1S/C31H30N6O5/c1-42-29-10-3-2-9-28(29)36-16-14-35(15-17-36)27-12-11-24(34-30(38)23-7-4-8-25(18-23)37(40)41)19-26(27)31(39)33-21-22-6-5-13-32-20-22/h2-13,18-20H,14-17,21H2,1H3,(H,33,39)(H,34,38). The van der Waals surface area contributed by atoms with Crippen LogP contribution in [0.1, 0.15) is 26.3 Å². The van der Waals surface area contributed by atoms with Crippen molar-refractivity contribution in [3.8, 4) is 5.75 Å². The minimum Gasteiger partial charge on any atom is -0.495 e. The summed E-state index contributed by atoms with van der Waals surface area (Å²) in [6.45, 7) is 3.07. The number of para-hydroxylation sites is 2. The summed E-state index contributed by atoms with van der Waals surface area (Å²) >= 11 is 0. The van der Waals surface area contributed by atoms with Gasteiger partial charge in [-0.1, -0.05) is 24.3 Å². The van der Waals surface area contributed by atoms with Crippen molar-refractivity contribution in [2.75, 3.05) is 48.4 Å². The summed E-state index contributed by atoms with van der Waals surface area (Å²) in [6.07, 6.45) is 3.36. The number of carbonyl (C=O) groups is 2. The first-order valence-corrected chi connectivity index (χ1v) is 13.4. The second-order valence-electron chi connectivity index (χ2n) is 9.68. The van der Waals surface area contributed by atoms with Gasteiger partial charge >= 0.3 is 0 Å². The Kier molecular flexibility index (Phi) is 8.57. The number of pyridine rings is 1. The number of nitrogens with one attached hydrogen (secondary N) is 2. The number of benzene rings is 3. The number of aromatic nitrogens is 1. The SMILES string of the molecule is COc1ccccc1N1CCN(c2ccc(NC(=O)c3cccc([N+](=O)[O-])c3)cc2C(=O)NCc2cccnc2)CC1. The van der Waals surface area contributed by atoms with Crippen LogP contribution in [0.25, 0.3) is 0 Å². The Labute approximate surface area is 242 Å². The van der Waals surface area contributed by atoms with E-state index in [-0.39, 0.29) is 23.7 Å². The molecule has 0 atom stereocenters. The Morgan fingerprint density at radius 1 is 0.905 bits per heavy atom. The van der Waals surface area contributed by atoms with Crippen molar-refractivity contribution >= 4 is 34.6 Å². The number of nitrogens with zero attached hydrogens (tertiary/aromatic N) is 4. The molecule has 0 bridgehead atoms. The van der Waals surface area contributed by atoms with Crippen LogP contribution >= 0.6 is 0 Å². The second-order valence-corrected chi connectivity index (χ2v) is 9.68. The molecule has 0 unspecified atom stereocenters. The van der Waals surface area contributed by atoms with E-state index < -0.39 is 10.8 Å². The monoisotopic (exact) mass is 566 g/mol. The molecule has 214 valence electrons. The molecule has 1 saturated heterocycles. The third-order valence-corrected chi connectivity index (χ3v) is 7.04. The zero-order chi connectivity index (χ0) is 29.5. The molecule has 11 nitrogen and oxygen atoms in total. The van der Waals surface area contributed by atoms with Gasteiger partial charge in [-0.2, -0.15) is 0 Å². The van der Waals surface area contributed by atoms with Crippen molar-refractivity contribution in [2.24, 2.45) is 0 Å². The van der Waals surface area contributed by atoms with Crippen molar-refractivity contribution in [2.45, 2.75) is 6.54 Å². The molecule has 1 fully saturated rings. The maximum absolute atomic E-state index is 13.5. The van der Waals surface area contributed by atoms with Crippen molar-refractivity contribution in [3.63, 3.8) is 0 Å². The van der Waals surface area contributed by atoms with E-state index in [0.29, 0.717) is 24.3 Å². The number of piperazine rings is 1. The highest BCUT2D eigenvalue weighted by atomic mass is 16.6. The number of non-ortho nitro benzene ring substituents is 1. The highest BCUT2D eigenvalue weighted by Gasteiger charge is 2.24. The lowest BCUT2D eigenvalue weighted by Gasteiger charge is -2.38. The van der Waals surface area contributed by atoms with Crippen LogP contribution in [0.3, 0.4) is 0 Å². The summed E-state index contributed by atoms with van der Waals surface area (Å²) < 4.78 is 5.54. The van der Waals surface area contributed by atoms with E-state index in [4.69, 9.17) is 4.74 Å². The van der Waals surface area contributed by atoms with E-state index >= 15 is 0 Å². The Balaban J connectivity index is 1.37. The summed E-state index contributed by atoms with van der Waals surface area (Å²) in [5, 5.41) is 16.9.